The summed E-state index contributed by atoms with van der Waals surface area (Å²) in [6.07, 6.45) is 0. The van der Waals surface area contributed by atoms with E-state index in [9.17, 15) is 9.90 Å². The number of anilines is 2. The second kappa shape index (κ2) is 6.22. The number of aromatic carboxylic acids is 1. The molecule has 2 N–H and O–H groups in total. The molecule has 0 aromatic heterocycles. The molecule has 0 aliphatic heterocycles. The number of rotatable bonds is 3. The summed E-state index contributed by atoms with van der Waals surface area (Å²) in [4.78, 5) is 11.2. The first kappa shape index (κ1) is 15.4. The molecule has 0 saturated heterocycles. The van der Waals surface area contributed by atoms with Crippen molar-refractivity contribution in [3.05, 3.63) is 55.4 Å². The van der Waals surface area contributed by atoms with Crippen LogP contribution >= 0.6 is 50.7 Å². The van der Waals surface area contributed by atoms with E-state index < -0.39 is 5.97 Å². The lowest BCUT2D eigenvalue weighted by atomic mass is 10.1. The van der Waals surface area contributed by atoms with Crippen LogP contribution in [0.25, 0.3) is 0 Å². The highest BCUT2D eigenvalue weighted by Gasteiger charge is 2.14. The molecule has 0 atom stereocenters. The molecule has 0 heterocycles. The molecule has 0 radical (unpaired) electrons. The summed E-state index contributed by atoms with van der Waals surface area (Å²) in [6.45, 7) is 0. The smallest absolute Gasteiger partial charge is 0.337 e. The monoisotopic (exact) mass is 393 g/mol. The minimum atomic E-state index is -1.09. The van der Waals surface area contributed by atoms with Crippen molar-refractivity contribution in [1.82, 2.24) is 0 Å². The quantitative estimate of drug-likeness (QED) is 0.641. The van der Waals surface area contributed by atoms with Gasteiger partial charge < -0.3 is 10.4 Å². The number of benzene rings is 2. The Balaban J connectivity index is 2.45. The first-order valence-corrected chi connectivity index (χ1v) is 7.26. The number of carboxylic acid groups (broad SMARTS) is 1. The number of hydrogen-bond donors (Lipinski definition) is 2. The summed E-state index contributed by atoms with van der Waals surface area (Å²) >= 11 is 21.2. The highest BCUT2D eigenvalue weighted by molar-refractivity contribution is 9.10. The lowest BCUT2D eigenvalue weighted by Gasteiger charge is -2.12. The van der Waals surface area contributed by atoms with Crippen LogP contribution in [-0.4, -0.2) is 11.1 Å². The van der Waals surface area contributed by atoms with Crippen molar-refractivity contribution in [3.8, 4) is 0 Å². The third-order valence-corrected chi connectivity index (χ3v) is 4.52. The van der Waals surface area contributed by atoms with Crippen LogP contribution in [0.2, 0.25) is 15.1 Å². The molecule has 0 aliphatic carbocycles. The Bertz CT molecular complexity index is 692. The van der Waals surface area contributed by atoms with Crippen LogP contribution in [0, 0.1) is 0 Å². The standard InChI is InChI=1S/C13H7BrCl3NO2/c14-8-2-4-10(12(17)11(8)16)18-9-3-1-6(15)5-7(9)13(19)20/h1-5,18H,(H,19,20). The number of carbonyl (C=O) groups is 1. The van der Waals surface area contributed by atoms with E-state index in [2.05, 4.69) is 21.2 Å². The predicted molar refractivity (Wildman–Crippen MR) is 85.9 cm³/mol. The molecule has 2 aromatic carbocycles. The van der Waals surface area contributed by atoms with E-state index in [1.165, 1.54) is 6.07 Å². The molecule has 7 heteroatoms. The Kier molecular flexibility index (Phi) is 4.81. The Morgan fingerprint density at radius 3 is 2.35 bits per heavy atom. The van der Waals surface area contributed by atoms with E-state index in [1.54, 1.807) is 24.3 Å². The first-order valence-electron chi connectivity index (χ1n) is 5.33. The zero-order chi connectivity index (χ0) is 14.9. The Hall–Kier alpha value is -0.940. The van der Waals surface area contributed by atoms with Gasteiger partial charge in [-0.15, -0.1) is 0 Å². The minimum Gasteiger partial charge on any atom is -0.478 e. The van der Waals surface area contributed by atoms with Crippen LogP contribution in [0.15, 0.2) is 34.8 Å². The Morgan fingerprint density at radius 2 is 1.70 bits per heavy atom. The molecular formula is C13H7BrCl3NO2. The van der Waals surface area contributed by atoms with Gasteiger partial charge >= 0.3 is 5.97 Å². The molecule has 0 bridgehead atoms. The number of carboxylic acids is 1. The van der Waals surface area contributed by atoms with Crippen LogP contribution in [0.1, 0.15) is 10.4 Å². The first-order chi connectivity index (χ1) is 9.40. The third kappa shape index (κ3) is 3.20. The second-order valence-corrected chi connectivity index (χ2v) is 5.89. The molecule has 0 fully saturated rings. The van der Waals surface area contributed by atoms with Gasteiger partial charge in [0.15, 0.2) is 0 Å². The molecule has 2 aromatic rings. The van der Waals surface area contributed by atoms with Gasteiger partial charge in [0.1, 0.15) is 0 Å². The molecule has 0 spiro atoms. The summed E-state index contributed by atoms with van der Waals surface area (Å²) in [5.74, 6) is -1.09. The summed E-state index contributed by atoms with van der Waals surface area (Å²) in [5.41, 5.74) is 0.930. The fraction of sp³-hybridized carbons (Fsp3) is 0. The second-order valence-electron chi connectivity index (χ2n) is 3.84. The highest BCUT2D eigenvalue weighted by Crippen LogP contribution is 2.37. The minimum absolute atomic E-state index is 0.0487. The third-order valence-electron chi connectivity index (χ3n) is 2.52. The summed E-state index contributed by atoms with van der Waals surface area (Å²) in [6, 6.07) is 7.93. The van der Waals surface area contributed by atoms with Gasteiger partial charge in [-0.1, -0.05) is 34.8 Å². The molecule has 104 valence electrons. The largest absolute Gasteiger partial charge is 0.478 e. The van der Waals surface area contributed by atoms with Crippen molar-refractivity contribution >= 4 is 68.1 Å². The zero-order valence-electron chi connectivity index (χ0n) is 9.75. The fourth-order valence-corrected chi connectivity index (χ4v) is 2.56. The lowest BCUT2D eigenvalue weighted by Crippen LogP contribution is -2.03. The van der Waals surface area contributed by atoms with Crippen molar-refractivity contribution in [3.63, 3.8) is 0 Å². The average Bonchev–Trinajstić information content (AvgIpc) is 2.41. The molecule has 0 unspecified atom stereocenters. The van der Waals surface area contributed by atoms with Gasteiger partial charge in [0, 0.05) is 9.50 Å². The van der Waals surface area contributed by atoms with Crippen LogP contribution in [0.5, 0.6) is 0 Å². The maximum atomic E-state index is 11.2. The fourth-order valence-electron chi connectivity index (χ4n) is 1.57. The van der Waals surface area contributed by atoms with E-state index >= 15 is 0 Å². The number of nitrogens with one attached hydrogen (secondary N) is 1. The van der Waals surface area contributed by atoms with Gasteiger partial charge in [-0.3, -0.25) is 0 Å². The van der Waals surface area contributed by atoms with Crippen molar-refractivity contribution < 1.29 is 9.90 Å². The SMILES string of the molecule is O=C(O)c1cc(Cl)ccc1Nc1ccc(Br)c(Cl)c1Cl. The summed E-state index contributed by atoms with van der Waals surface area (Å²) in [7, 11) is 0. The van der Waals surface area contributed by atoms with Crippen LogP contribution in [-0.2, 0) is 0 Å². The van der Waals surface area contributed by atoms with Crippen molar-refractivity contribution in [1.29, 1.82) is 0 Å². The molecule has 20 heavy (non-hydrogen) atoms. The van der Waals surface area contributed by atoms with Crippen molar-refractivity contribution in [2.75, 3.05) is 5.32 Å². The zero-order valence-corrected chi connectivity index (χ0v) is 13.6. The maximum Gasteiger partial charge on any atom is 0.337 e. The van der Waals surface area contributed by atoms with Gasteiger partial charge in [0.25, 0.3) is 0 Å². The summed E-state index contributed by atoms with van der Waals surface area (Å²) < 4.78 is 0.657. The number of hydrogen-bond acceptors (Lipinski definition) is 2. The Labute approximate surface area is 138 Å². The van der Waals surface area contributed by atoms with Gasteiger partial charge in [0.05, 0.1) is 27.0 Å². The van der Waals surface area contributed by atoms with Gasteiger partial charge in [0.2, 0.25) is 0 Å². The molecular weight excluding hydrogens is 388 g/mol. The van der Waals surface area contributed by atoms with E-state index in [0.29, 0.717) is 30.9 Å². The number of halogens is 4. The molecule has 2 rings (SSSR count). The topological polar surface area (TPSA) is 49.3 Å². The van der Waals surface area contributed by atoms with E-state index in [0.717, 1.165) is 0 Å². The van der Waals surface area contributed by atoms with Crippen molar-refractivity contribution in [2.45, 2.75) is 0 Å². The van der Waals surface area contributed by atoms with Crippen molar-refractivity contribution in [2.24, 2.45) is 0 Å². The lowest BCUT2D eigenvalue weighted by molar-refractivity contribution is 0.0698. The average molecular weight is 395 g/mol. The van der Waals surface area contributed by atoms with E-state index in [-0.39, 0.29) is 5.56 Å². The molecule has 0 amide bonds. The highest BCUT2D eigenvalue weighted by atomic mass is 79.9. The van der Waals surface area contributed by atoms with Gasteiger partial charge in [-0.05, 0) is 46.3 Å². The molecule has 0 aliphatic rings. The van der Waals surface area contributed by atoms with E-state index in [4.69, 9.17) is 34.8 Å². The van der Waals surface area contributed by atoms with Crippen LogP contribution < -0.4 is 5.32 Å². The molecule has 0 saturated carbocycles. The van der Waals surface area contributed by atoms with Crippen LogP contribution in [0.4, 0.5) is 11.4 Å². The summed E-state index contributed by atoms with van der Waals surface area (Å²) in [5, 5.41) is 13.1. The maximum absolute atomic E-state index is 11.2. The van der Waals surface area contributed by atoms with Gasteiger partial charge in [-0.2, -0.15) is 0 Å². The van der Waals surface area contributed by atoms with E-state index in [1.807, 2.05) is 0 Å². The molecule has 3 nitrogen and oxygen atoms in total. The van der Waals surface area contributed by atoms with Gasteiger partial charge in [-0.25, -0.2) is 4.79 Å². The van der Waals surface area contributed by atoms with Crippen LogP contribution in [0.3, 0.4) is 0 Å². The normalized spacial score (nSPS) is 10.4. The predicted octanol–water partition coefficient (Wildman–Crippen LogP) is 5.85. The Morgan fingerprint density at radius 1 is 1.05 bits per heavy atom.